The van der Waals surface area contributed by atoms with Gasteiger partial charge in [0.1, 0.15) is 17.8 Å². The third kappa shape index (κ3) is 11.0. The Bertz CT molecular complexity index is 918. The predicted octanol–water partition coefficient (Wildman–Crippen LogP) is -1.47. The van der Waals surface area contributed by atoms with E-state index >= 15 is 0 Å². The number of carboxylic acids is 1. The molecule has 0 saturated heterocycles. The first-order chi connectivity index (χ1) is 16.9. The van der Waals surface area contributed by atoms with E-state index in [1.165, 1.54) is 12.1 Å². The first-order valence-corrected chi connectivity index (χ1v) is 11.6. The molecule has 0 bridgehead atoms. The second kappa shape index (κ2) is 15.2. The summed E-state index contributed by atoms with van der Waals surface area (Å²) in [5.41, 5.74) is 17.1. The number of guanidine groups is 1. The van der Waals surface area contributed by atoms with Crippen LogP contribution in [0.5, 0.6) is 5.75 Å². The van der Waals surface area contributed by atoms with Crippen LogP contribution in [-0.4, -0.2) is 71.1 Å². The van der Waals surface area contributed by atoms with Crippen LogP contribution < -0.4 is 33.2 Å². The molecular formula is C23H37N7O6. The van der Waals surface area contributed by atoms with Crippen LogP contribution in [-0.2, 0) is 25.6 Å². The van der Waals surface area contributed by atoms with Gasteiger partial charge in [0.05, 0.1) is 12.6 Å². The minimum Gasteiger partial charge on any atom is -0.508 e. The summed E-state index contributed by atoms with van der Waals surface area (Å²) in [5.74, 6) is -3.31. The fourth-order valence-electron chi connectivity index (χ4n) is 3.15. The van der Waals surface area contributed by atoms with Crippen LogP contribution in [0.15, 0.2) is 29.3 Å². The van der Waals surface area contributed by atoms with Gasteiger partial charge in [-0.1, -0.05) is 32.4 Å². The normalized spacial score (nSPS) is 14.0. The number of phenols is 1. The van der Waals surface area contributed by atoms with Gasteiger partial charge in [0.2, 0.25) is 17.7 Å². The Kier molecular flexibility index (Phi) is 12.7. The van der Waals surface area contributed by atoms with E-state index in [1.807, 2.05) is 13.8 Å². The molecule has 0 aliphatic rings. The molecule has 0 aromatic heterocycles. The number of aromatic hydroxyl groups is 1. The Morgan fingerprint density at radius 2 is 1.67 bits per heavy atom. The third-order valence-electron chi connectivity index (χ3n) is 5.57. The molecule has 0 saturated carbocycles. The van der Waals surface area contributed by atoms with Gasteiger partial charge in [-0.05, 0) is 36.5 Å². The summed E-state index contributed by atoms with van der Waals surface area (Å²) in [6.07, 6.45) is 1.15. The van der Waals surface area contributed by atoms with E-state index < -0.39 is 48.4 Å². The van der Waals surface area contributed by atoms with Crippen LogP contribution in [0, 0.1) is 5.92 Å². The van der Waals surface area contributed by atoms with Crippen LogP contribution in [0.2, 0.25) is 0 Å². The van der Waals surface area contributed by atoms with Crippen molar-refractivity contribution in [2.75, 3.05) is 13.1 Å². The molecule has 0 fully saturated rings. The molecule has 0 spiro atoms. The van der Waals surface area contributed by atoms with Gasteiger partial charge in [-0.25, -0.2) is 4.79 Å². The Labute approximate surface area is 209 Å². The number of carbonyl (C=O) groups is 4. The smallest absolute Gasteiger partial charge is 0.326 e. The van der Waals surface area contributed by atoms with Crippen molar-refractivity contribution < 1.29 is 29.4 Å². The van der Waals surface area contributed by atoms with Crippen molar-refractivity contribution in [2.24, 2.45) is 28.1 Å². The molecule has 0 aliphatic carbocycles. The molecule has 36 heavy (non-hydrogen) atoms. The van der Waals surface area contributed by atoms with E-state index in [4.69, 9.17) is 17.2 Å². The summed E-state index contributed by atoms with van der Waals surface area (Å²) >= 11 is 0. The summed E-state index contributed by atoms with van der Waals surface area (Å²) in [5, 5.41) is 26.2. The highest BCUT2D eigenvalue weighted by Crippen LogP contribution is 2.12. The number of nitrogens with zero attached hydrogens (tertiary/aromatic N) is 1. The first-order valence-electron chi connectivity index (χ1n) is 11.6. The number of carbonyl (C=O) groups excluding carboxylic acids is 3. The Balaban J connectivity index is 2.79. The molecule has 1 rings (SSSR count). The van der Waals surface area contributed by atoms with E-state index in [0.717, 1.165) is 0 Å². The lowest BCUT2D eigenvalue weighted by Crippen LogP contribution is -2.55. The standard InChI is InChI=1S/C23H37N7O6/c1-3-13(2)19(24)21(34)30-17(11-14-6-8-15(31)9-7-14)20(33)28-12-18(32)29-16(22(35)36)5-4-10-27-23(25)26/h6-9,13,16-17,19,31H,3-5,10-12,24H2,1-2H3,(H,28,33)(H,29,32)(H,30,34)(H,35,36)(H4,25,26,27). The fraction of sp³-hybridized carbons (Fsp3) is 0.522. The van der Waals surface area contributed by atoms with Gasteiger partial charge in [0, 0.05) is 13.0 Å². The fourth-order valence-corrected chi connectivity index (χ4v) is 3.15. The van der Waals surface area contributed by atoms with Crippen LogP contribution in [0.1, 0.15) is 38.7 Å². The zero-order valence-corrected chi connectivity index (χ0v) is 20.6. The molecule has 13 nitrogen and oxygen atoms in total. The summed E-state index contributed by atoms with van der Waals surface area (Å²) in [6.45, 7) is 3.41. The summed E-state index contributed by atoms with van der Waals surface area (Å²) in [6, 6.07) is 3.02. The molecule has 11 N–H and O–H groups in total. The molecule has 0 radical (unpaired) electrons. The largest absolute Gasteiger partial charge is 0.508 e. The van der Waals surface area contributed by atoms with Gasteiger partial charge in [-0.3, -0.25) is 19.4 Å². The molecule has 13 heteroatoms. The number of nitrogens with one attached hydrogen (secondary N) is 3. The molecular weight excluding hydrogens is 470 g/mol. The number of hydrogen-bond acceptors (Lipinski definition) is 7. The quantitative estimate of drug-likeness (QED) is 0.0784. The SMILES string of the molecule is CCC(C)C(N)C(=O)NC(Cc1ccc(O)cc1)C(=O)NCC(=O)NC(CCCN=C(N)N)C(=O)O. The van der Waals surface area contributed by atoms with Crippen molar-refractivity contribution in [3.8, 4) is 5.75 Å². The van der Waals surface area contributed by atoms with Crippen LogP contribution in [0.4, 0.5) is 0 Å². The number of aliphatic imine (C=N–C) groups is 1. The second-order valence-electron chi connectivity index (χ2n) is 8.47. The first kappa shape index (κ1) is 30.2. The molecule has 200 valence electrons. The highest BCUT2D eigenvalue weighted by molar-refractivity contribution is 5.92. The van der Waals surface area contributed by atoms with Gasteiger partial charge >= 0.3 is 5.97 Å². The maximum atomic E-state index is 12.9. The second-order valence-corrected chi connectivity index (χ2v) is 8.47. The minimum atomic E-state index is -1.24. The van der Waals surface area contributed by atoms with E-state index in [1.54, 1.807) is 12.1 Å². The lowest BCUT2D eigenvalue weighted by Gasteiger charge is -2.23. The van der Waals surface area contributed by atoms with Crippen molar-refractivity contribution in [3.63, 3.8) is 0 Å². The van der Waals surface area contributed by atoms with E-state index in [9.17, 15) is 29.4 Å². The molecule has 0 aliphatic heterocycles. The predicted molar refractivity (Wildman–Crippen MR) is 134 cm³/mol. The van der Waals surface area contributed by atoms with Gasteiger partial charge in [0.25, 0.3) is 0 Å². The maximum absolute atomic E-state index is 12.9. The number of hydrogen-bond donors (Lipinski definition) is 8. The van der Waals surface area contributed by atoms with Crippen molar-refractivity contribution in [1.29, 1.82) is 0 Å². The average Bonchev–Trinajstić information content (AvgIpc) is 2.83. The Hall–Kier alpha value is -3.87. The average molecular weight is 508 g/mol. The molecule has 1 aromatic carbocycles. The van der Waals surface area contributed by atoms with Gasteiger partial charge in [0.15, 0.2) is 5.96 Å². The highest BCUT2D eigenvalue weighted by Gasteiger charge is 2.27. The molecule has 4 unspecified atom stereocenters. The van der Waals surface area contributed by atoms with Crippen molar-refractivity contribution in [3.05, 3.63) is 29.8 Å². The number of benzene rings is 1. The van der Waals surface area contributed by atoms with E-state index in [2.05, 4.69) is 20.9 Å². The number of carboxylic acid groups (broad SMARTS) is 1. The Morgan fingerprint density at radius 3 is 2.22 bits per heavy atom. The number of nitrogens with two attached hydrogens (primary N) is 3. The lowest BCUT2D eigenvalue weighted by atomic mass is 9.98. The Morgan fingerprint density at radius 1 is 1.03 bits per heavy atom. The van der Waals surface area contributed by atoms with Crippen molar-refractivity contribution in [1.82, 2.24) is 16.0 Å². The monoisotopic (exact) mass is 507 g/mol. The summed E-state index contributed by atoms with van der Waals surface area (Å²) in [4.78, 5) is 52.9. The van der Waals surface area contributed by atoms with Gasteiger partial charge in [-0.2, -0.15) is 0 Å². The van der Waals surface area contributed by atoms with Crippen molar-refractivity contribution >= 4 is 29.7 Å². The summed E-state index contributed by atoms with van der Waals surface area (Å²) in [7, 11) is 0. The summed E-state index contributed by atoms with van der Waals surface area (Å²) < 4.78 is 0. The van der Waals surface area contributed by atoms with Crippen LogP contribution >= 0.6 is 0 Å². The molecule has 1 aromatic rings. The maximum Gasteiger partial charge on any atom is 0.326 e. The number of rotatable bonds is 15. The molecule has 3 amide bonds. The molecule has 4 atom stereocenters. The minimum absolute atomic E-state index is 0.0468. The van der Waals surface area contributed by atoms with Gasteiger partial charge in [-0.15, -0.1) is 0 Å². The van der Waals surface area contributed by atoms with Gasteiger partial charge < -0.3 is 43.4 Å². The van der Waals surface area contributed by atoms with Crippen molar-refractivity contribution in [2.45, 2.75) is 57.7 Å². The van der Waals surface area contributed by atoms with Crippen LogP contribution in [0.3, 0.4) is 0 Å². The molecule has 0 heterocycles. The zero-order chi connectivity index (χ0) is 27.3. The lowest BCUT2D eigenvalue weighted by molar-refractivity contribution is -0.142. The third-order valence-corrected chi connectivity index (χ3v) is 5.57. The van der Waals surface area contributed by atoms with Crippen LogP contribution in [0.25, 0.3) is 0 Å². The zero-order valence-electron chi connectivity index (χ0n) is 20.6. The number of amides is 3. The van der Waals surface area contributed by atoms with E-state index in [0.29, 0.717) is 18.4 Å². The van der Waals surface area contributed by atoms with E-state index in [-0.39, 0.29) is 37.0 Å². The number of aliphatic carboxylic acids is 1. The number of phenolic OH excluding ortho intramolecular Hbond substituents is 1. The highest BCUT2D eigenvalue weighted by atomic mass is 16.4. The topological polar surface area (TPSA) is 235 Å².